The molecule has 0 radical (unpaired) electrons. The van der Waals surface area contributed by atoms with Gasteiger partial charge < -0.3 is 5.11 Å². The van der Waals surface area contributed by atoms with E-state index in [2.05, 4.69) is 11.8 Å². The molecule has 0 aromatic heterocycles. The normalized spacial score (nSPS) is 10.7. The van der Waals surface area contributed by atoms with Crippen LogP contribution in [0.15, 0.2) is 84.9 Å². The first-order valence-corrected chi connectivity index (χ1v) is 7.62. The second-order valence-electron chi connectivity index (χ2n) is 5.56. The van der Waals surface area contributed by atoms with Crippen molar-refractivity contribution in [3.8, 4) is 11.8 Å². The second-order valence-corrected chi connectivity index (χ2v) is 5.56. The lowest BCUT2D eigenvalue weighted by atomic mass is 9.86. The Kier molecular flexibility index (Phi) is 4.28. The van der Waals surface area contributed by atoms with E-state index >= 15 is 0 Å². The molecule has 3 rings (SSSR count). The Morgan fingerprint density at radius 1 is 0.696 bits per heavy atom. The molecule has 0 atom stereocenters. The smallest absolute Gasteiger partial charge is 0.177 e. The van der Waals surface area contributed by atoms with Gasteiger partial charge in [-0.1, -0.05) is 90.2 Å². The molecule has 1 nitrogen and oxygen atoms in total. The van der Waals surface area contributed by atoms with Gasteiger partial charge in [-0.05, 0) is 19.1 Å². The number of hydrogen-bond donors (Lipinski definition) is 1. The van der Waals surface area contributed by atoms with Gasteiger partial charge in [0.2, 0.25) is 0 Å². The van der Waals surface area contributed by atoms with Gasteiger partial charge >= 0.3 is 0 Å². The van der Waals surface area contributed by atoms with Gasteiger partial charge in [-0.3, -0.25) is 0 Å². The molecule has 0 fully saturated rings. The van der Waals surface area contributed by atoms with E-state index in [1.807, 2.05) is 91.9 Å². The van der Waals surface area contributed by atoms with Crippen LogP contribution in [0.3, 0.4) is 0 Å². The minimum absolute atomic E-state index is 0.769. The monoisotopic (exact) mass is 298 g/mol. The maximum Gasteiger partial charge on any atom is 0.177 e. The van der Waals surface area contributed by atoms with Gasteiger partial charge in [-0.25, -0.2) is 0 Å². The minimum Gasteiger partial charge on any atom is -0.369 e. The van der Waals surface area contributed by atoms with Gasteiger partial charge in [0, 0.05) is 16.7 Å². The van der Waals surface area contributed by atoms with E-state index in [0.29, 0.717) is 0 Å². The van der Waals surface area contributed by atoms with Crippen molar-refractivity contribution < 1.29 is 5.11 Å². The predicted molar refractivity (Wildman–Crippen MR) is 93.9 cm³/mol. The average Bonchev–Trinajstić information content (AvgIpc) is 2.62. The van der Waals surface area contributed by atoms with Crippen molar-refractivity contribution in [2.75, 3.05) is 0 Å². The largest absolute Gasteiger partial charge is 0.369 e. The zero-order valence-corrected chi connectivity index (χ0v) is 13.0. The first kappa shape index (κ1) is 15.1. The van der Waals surface area contributed by atoms with E-state index in [4.69, 9.17) is 0 Å². The van der Waals surface area contributed by atoms with Crippen LogP contribution in [0.1, 0.15) is 22.3 Å². The molecule has 0 heterocycles. The lowest BCUT2D eigenvalue weighted by Gasteiger charge is -2.23. The Morgan fingerprint density at radius 3 is 1.65 bits per heavy atom. The van der Waals surface area contributed by atoms with Gasteiger partial charge in [-0.2, -0.15) is 0 Å². The number of aliphatic hydroxyl groups is 1. The lowest BCUT2D eigenvalue weighted by Crippen LogP contribution is -2.25. The maximum absolute atomic E-state index is 11.3. The van der Waals surface area contributed by atoms with Crippen molar-refractivity contribution in [2.24, 2.45) is 0 Å². The molecule has 0 bridgehead atoms. The van der Waals surface area contributed by atoms with Crippen LogP contribution in [-0.2, 0) is 5.60 Å². The second kappa shape index (κ2) is 6.52. The summed E-state index contributed by atoms with van der Waals surface area (Å²) >= 11 is 0. The standard InChI is InChI=1S/C22H18O/c1-18-12-14-19(15-13-18)16-17-22(23,20-8-4-2-5-9-20)21-10-6-3-7-11-21/h2-15,23H,1H3. The van der Waals surface area contributed by atoms with Gasteiger partial charge in [0.1, 0.15) is 0 Å². The molecular formula is C22H18O. The van der Waals surface area contributed by atoms with Gasteiger partial charge in [0.05, 0.1) is 0 Å². The summed E-state index contributed by atoms with van der Waals surface area (Å²) < 4.78 is 0. The van der Waals surface area contributed by atoms with Crippen LogP contribution < -0.4 is 0 Å². The Morgan fingerprint density at radius 2 is 1.17 bits per heavy atom. The van der Waals surface area contributed by atoms with Crippen LogP contribution in [0.25, 0.3) is 0 Å². The highest BCUT2D eigenvalue weighted by Crippen LogP contribution is 2.28. The lowest BCUT2D eigenvalue weighted by molar-refractivity contribution is 0.145. The summed E-state index contributed by atoms with van der Waals surface area (Å²) in [4.78, 5) is 0. The van der Waals surface area contributed by atoms with Crippen molar-refractivity contribution in [3.05, 3.63) is 107 Å². The minimum atomic E-state index is -1.33. The summed E-state index contributed by atoms with van der Waals surface area (Å²) in [6, 6.07) is 27.1. The molecule has 0 saturated carbocycles. The topological polar surface area (TPSA) is 20.2 Å². The quantitative estimate of drug-likeness (QED) is 0.700. The highest BCUT2D eigenvalue weighted by Gasteiger charge is 2.28. The van der Waals surface area contributed by atoms with Crippen molar-refractivity contribution in [3.63, 3.8) is 0 Å². The number of hydrogen-bond acceptors (Lipinski definition) is 1. The fourth-order valence-corrected chi connectivity index (χ4v) is 2.47. The predicted octanol–water partition coefficient (Wildman–Crippen LogP) is 4.28. The molecule has 0 aliphatic rings. The molecule has 0 amide bonds. The molecule has 112 valence electrons. The fraction of sp³-hybridized carbons (Fsp3) is 0.0909. The Labute approximate surface area is 137 Å². The van der Waals surface area contributed by atoms with Crippen LogP contribution in [0.5, 0.6) is 0 Å². The molecule has 0 saturated heterocycles. The third-order valence-electron chi connectivity index (χ3n) is 3.82. The Balaban J connectivity index is 2.09. The van der Waals surface area contributed by atoms with E-state index in [1.165, 1.54) is 5.56 Å². The zero-order chi connectivity index (χ0) is 16.1. The average molecular weight is 298 g/mol. The highest BCUT2D eigenvalue weighted by molar-refractivity contribution is 5.47. The summed E-state index contributed by atoms with van der Waals surface area (Å²) in [6.07, 6.45) is 0. The highest BCUT2D eigenvalue weighted by atomic mass is 16.3. The van der Waals surface area contributed by atoms with Gasteiger partial charge in [-0.15, -0.1) is 0 Å². The van der Waals surface area contributed by atoms with Crippen LogP contribution >= 0.6 is 0 Å². The van der Waals surface area contributed by atoms with Crippen LogP contribution in [-0.4, -0.2) is 5.11 Å². The number of aryl methyl sites for hydroxylation is 1. The Bertz CT molecular complexity index is 782. The molecule has 1 heteroatoms. The van der Waals surface area contributed by atoms with Gasteiger partial charge in [0.15, 0.2) is 5.60 Å². The first-order chi connectivity index (χ1) is 11.2. The molecule has 1 N–H and O–H groups in total. The van der Waals surface area contributed by atoms with E-state index in [9.17, 15) is 5.11 Å². The number of benzene rings is 3. The zero-order valence-electron chi connectivity index (χ0n) is 13.0. The molecule has 0 spiro atoms. The van der Waals surface area contributed by atoms with E-state index < -0.39 is 5.60 Å². The summed E-state index contributed by atoms with van der Waals surface area (Å²) in [5.74, 6) is 6.18. The molecule has 0 aliphatic heterocycles. The summed E-state index contributed by atoms with van der Waals surface area (Å²) in [7, 11) is 0. The summed E-state index contributed by atoms with van der Waals surface area (Å²) in [5.41, 5.74) is 2.29. The Hall–Kier alpha value is -2.82. The molecule has 3 aromatic carbocycles. The van der Waals surface area contributed by atoms with E-state index in [1.54, 1.807) is 0 Å². The number of rotatable bonds is 2. The van der Waals surface area contributed by atoms with E-state index in [-0.39, 0.29) is 0 Å². The first-order valence-electron chi connectivity index (χ1n) is 7.62. The van der Waals surface area contributed by atoms with Crippen LogP contribution in [0, 0.1) is 18.8 Å². The summed E-state index contributed by atoms with van der Waals surface area (Å²) in [5, 5.41) is 11.3. The fourth-order valence-electron chi connectivity index (χ4n) is 2.47. The van der Waals surface area contributed by atoms with Crippen molar-refractivity contribution in [1.82, 2.24) is 0 Å². The SMILES string of the molecule is Cc1ccc(C#CC(O)(c2ccccc2)c2ccccc2)cc1. The van der Waals surface area contributed by atoms with Crippen molar-refractivity contribution in [2.45, 2.75) is 12.5 Å². The molecule has 23 heavy (non-hydrogen) atoms. The van der Waals surface area contributed by atoms with Crippen molar-refractivity contribution >= 4 is 0 Å². The third-order valence-corrected chi connectivity index (χ3v) is 3.82. The van der Waals surface area contributed by atoms with E-state index in [0.717, 1.165) is 16.7 Å². The molecule has 3 aromatic rings. The molecule has 0 unspecified atom stereocenters. The van der Waals surface area contributed by atoms with Crippen LogP contribution in [0.2, 0.25) is 0 Å². The maximum atomic E-state index is 11.3. The van der Waals surface area contributed by atoms with Crippen molar-refractivity contribution in [1.29, 1.82) is 0 Å². The summed E-state index contributed by atoms with van der Waals surface area (Å²) in [6.45, 7) is 2.04. The molecule has 0 aliphatic carbocycles. The molecular weight excluding hydrogens is 280 g/mol. The van der Waals surface area contributed by atoms with Gasteiger partial charge in [0.25, 0.3) is 0 Å². The third kappa shape index (κ3) is 3.34. The van der Waals surface area contributed by atoms with Crippen LogP contribution in [0.4, 0.5) is 0 Å².